The van der Waals surface area contributed by atoms with Crippen LogP contribution >= 0.6 is 0 Å². The van der Waals surface area contributed by atoms with Crippen molar-refractivity contribution >= 4 is 20.8 Å². The molecule has 0 amide bonds. The van der Waals surface area contributed by atoms with E-state index in [0.29, 0.717) is 11.8 Å². The molecule has 2 aromatic carbocycles. The molecule has 1 aliphatic rings. The Morgan fingerprint density at radius 1 is 1.00 bits per heavy atom. The predicted octanol–water partition coefficient (Wildman–Crippen LogP) is 3.40. The van der Waals surface area contributed by atoms with E-state index in [-0.39, 0.29) is 17.4 Å². The fraction of sp³-hybridized carbons (Fsp3) is 0.364. The van der Waals surface area contributed by atoms with Gasteiger partial charge in [0.2, 0.25) is 10.0 Å². The van der Waals surface area contributed by atoms with Gasteiger partial charge in [-0.3, -0.25) is 4.79 Å². The molecular weight excluding hydrogens is 386 g/mol. The molecule has 0 unspecified atom stereocenters. The van der Waals surface area contributed by atoms with Gasteiger partial charge in [-0.05, 0) is 37.0 Å². The molecule has 1 heterocycles. The van der Waals surface area contributed by atoms with Crippen molar-refractivity contribution in [3.05, 3.63) is 64.4 Å². The molecule has 0 saturated heterocycles. The summed E-state index contributed by atoms with van der Waals surface area (Å²) in [6.07, 6.45) is 5.72. The van der Waals surface area contributed by atoms with Crippen molar-refractivity contribution in [2.75, 3.05) is 5.75 Å². The molecule has 3 aromatic rings. The molecule has 1 saturated carbocycles. The van der Waals surface area contributed by atoms with Gasteiger partial charge in [-0.1, -0.05) is 55.7 Å². The van der Waals surface area contributed by atoms with E-state index in [1.165, 1.54) is 6.42 Å². The number of primary sulfonamides is 1. The first kappa shape index (κ1) is 19.8. The smallest absolute Gasteiger partial charge is 0.267 e. The summed E-state index contributed by atoms with van der Waals surface area (Å²) in [5, 5.41) is 11.4. The first-order valence-corrected chi connectivity index (χ1v) is 11.8. The van der Waals surface area contributed by atoms with Gasteiger partial charge in [0.25, 0.3) is 5.56 Å². The Kier molecular flexibility index (Phi) is 5.52. The zero-order valence-corrected chi connectivity index (χ0v) is 17.1. The number of aromatic nitrogens is 2. The fourth-order valence-electron chi connectivity index (χ4n) is 4.13. The highest BCUT2D eigenvalue weighted by Gasteiger charge is 2.21. The van der Waals surface area contributed by atoms with Gasteiger partial charge < -0.3 is 0 Å². The molecule has 152 valence electrons. The van der Waals surface area contributed by atoms with Gasteiger partial charge in [0.15, 0.2) is 0 Å². The average Bonchev–Trinajstić information content (AvgIpc) is 2.73. The van der Waals surface area contributed by atoms with E-state index < -0.39 is 10.0 Å². The number of nitrogens with two attached hydrogens (primary N) is 1. The van der Waals surface area contributed by atoms with Crippen molar-refractivity contribution in [1.29, 1.82) is 0 Å². The quantitative estimate of drug-likeness (QED) is 0.696. The minimum absolute atomic E-state index is 0.0402. The van der Waals surface area contributed by atoms with Crippen LogP contribution in [0.2, 0.25) is 0 Å². The minimum atomic E-state index is -3.52. The number of aryl methyl sites for hydroxylation is 1. The van der Waals surface area contributed by atoms with E-state index >= 15 is 0 Å². The molecule has 0 spiro atoms. The van der Waals surface area contributed by atoms with Crippen molar-refractivity contribution in [2.45, 2.75) is 44.6 Å². The number of rotatable bonds is 5. The van der Waals surface area contributed by atoms with Crippen molar-refractivity contribution < 1.29 is 8.42 Å². The largest absolute Gasteiger partial charge is 0.274 e. The van der Waals surface area contributed by atoms with Crippen LogP contribution in [0.15, 0.2) is 53.3 Å². The Balaban J connectivity index is 1.83. The first-order chi connectivity index (χ1) is 13.9. The number of benzene rings is 2. The van der Waals surface area contributed by atoms with Gasteiger partial charge in [0.05, 0.1) is 22.9 Å². The molecule has 0 aliphatic heterocycles. The fourth-order valence-corrected chi connectivity index (χ4v) is 4.65. The Labute approximate surface area is 170 Å². The highest BCUT2D eigenvalue weighted by atomic mass is 32.2. The number of sulfonamides is 1. The Hall–Kier alpha value is -2.51. The maximum absolute atomic E-state index is 13.1. The second kappa shape index (κ2) is 8.08. The van der Waals surface area contributed by atoms with Crippen molar-refractivity contribution in [2.24, 2.45) is 5.14 Å². The van der Waals surface area contributed by atoms with E-state index in [1.807, 2.05) is 48.5 Å². The lowest BCUT2D eigenvalue weighted by atomic mass is 9.95. The highest BCUT2D eigenvalue weighted by Crippen LogP contribution is 2.30. The number of fused-ring (bicyclic) bond motifs is 1. The second-order valence-electron chi connectivity index (χ2n) is 7.75. The summed E-state index contributed by atoms with van der Waals surface area (Å²) in [6.45, 7) is 0. The molecule has 29 heavy (non-hydrogen) atoms. The molecule has 6 nitrogen and oxygen atoms in total. The van der Waals surface area contributed by atoms with Crippen LogP contribution in [0.25, 0.3) is 22.0 Å². The van der Waals surface area contributed by atoms with Crippen LogP contribution in [0.4, 0.5) is 0 Å². The van der Waals surface area contributed by atoms with E-state index in [4.69, 9.17) is 10.2 Å². The predicted molar refractivity (Wildman–Crippen MR) is 115 cm³/mol. The van der Waals surface area contributed by atoms with Gasteiger partial charge in [-0.15, -0.1) is 0 Å². The Morgan fingerprint density at radius 2 is 1.72 bits per heavy atom. The SMILES string of the molecule is NS(=O)(=O)CCc1cccc(-c2nn(C3CCCCC3)c(=O)c3ccccc23)c1. The van der Waals surface area contributed by atoms with Gasteiger partial charge in [0, 0.05) is 10.9 Å². The van der Waals surface area contributed by atoms with E-state index in [2.05, 4.69) is 0 Å². The molecule has 1 aliphatic carbocycles. The van der Waals surface area contributed by atoms with E-state index in [9.17, 15) is 13.2 Å². The summed E-state index contributed by atoms with van der Waals surface area (Å²) in [4.78, 5) is 13.1. The van der Waals surface area contributed by atoms with Gasteiger partial charge in [-0.25, -0.2) is 18.2 Å². The molecular formula is C22H25N3O3S. The molecule has 4 rings (SSSR count). The van der Waals surface area contributed by atoms with E-state index in [0.717, 1.165) is 47.9 Å². The van der Waals surface area contributed by atoms with Crippen LogP contribution in [0.5, 0.6) is 0 Å². The van der Waals surface area contributed by atoms with Gasteiger partial charge >= 0.3 is 0 Å². The third-order valence-electron chi connectivity index (χ3n) is 5.62. The maximum atomic E-state index is 13.1. The molecule has 0 atom stereocenters. The summed E-state index contributed by atoms with van der Waals surface area (Å²) in [6, 6.07) is 15.3. The number of hydrogen-bond acceptors (Lipinski definition) is 4. The highest BCUT2D eigenvalue weighted by molar-refractivity contribution is 7.89. The lowest BCUT2D eigenvalue weighted by Crippen LogP contribution is -2.29. The van der Waals surface area contributed by atoms with Crippen LogP contribution < -0.4 is 10.7 Å². The summed E-state index contributed by atoms with van der Waals surface area (Å²) in [5.74, 6) is -0.105. The summed E-state index contributed by atoms with van der Waals surface area (Å²) in [5.41, 5.74) is 2.46. The molecule has 0 bridgehead atoms. The van der Waals surface area contributed by atoms with Crippen LogP contribution in [0.3, 0.4) is 0 Å². The third kappa shape index (κ3) is 4.41. The average molecular weight is 412 g/mol. The lowest BCUT2D eigenvalue weighted by Gasteiger charge is -2.24. The zero-order chi connectivity index (χ0) is 20.4. The number of nitrogens with zero attached hydrogens (tertiary/aromatic N) is 2. The van der Waals surface area contributed by atoms with Gasteiger partial charge in [-0.2, -0.15) is 5.10 Å². The minimum Gasteiger partial charge on any atom is -0.267 e. The molecule has 7 heteroatoms. The van der Waals surface area contributed by atoms with Crippen molar-refractivity contribution in [3.8, 4) is 11.3 Å². The zero-order valence-electron chi connectivity index (χ0n) is 16.3. The van der Waals surface area contributed by atoms with Crippen LogP contribution in [0.1, 0.15) is 43.7 Å². The molecule has 2 N–H and O–H groups in total. The standard InChI is InChI=1S/C22H25N3O3S/c23-29(27,28)14-13-16-7-6-8-17(15-16)21-19-11-4-5-12-20(19)22(26)25(24-21)18-9-2-1-3-10-18/h4-8,11-12,15,18H,1-3,9-10,13-14H2,(H2,23,27,28). The number of hydrogen-bond donors (Lipinski definition) is 1. The maximum Gasteiger partial charge on any atom is 0.274 e. The summed E-state index contributed by atoms with van der Waals surface area (Å²) in [7, 11) is -3.52. The first-order valence-electron chi connectivity index (χ1n) is 10.0. The van der Waals surface area contributed by atoms with Crippen LogP contribution in [-0.4, -0.2) is 24.0 Å². The Morgan fingerprint density at radius 3 is 2.45 bits per heavy atom. The second-order valence-corrected chi connectivity index (χ2v) is 9.49. The monoisotopic (exact) mass is 411 g/mol. The topological polar surface area (TPSA) is 95.1 Å². The normalized spacial score (nSPS) is 15.6. The van der Waals surface area contributed by atoms with Crippen LogP contribution in [0, 0.1) is 0 Å². The summed E-state index contributed by atoms with van der Waals surface area (Å²) >= 11 is 0. The lowest BCUT2D eigenvalue weighted by molar-refractivity contribution is 0.321. The van der Waals surface area contributed by atoms with Crippen molar-refractivity contribution in [3.63, 3.8) is 0 Å². The van der Waals surface area contributed by atoms with Crippen LogP contribution in [-0.2, 0) is 16.4 Å². The Bertz CT molecular complexity index is 1200. The van der Waals surface area contributed by atoms with Gasteiger partial charge in [0.1, 0.15) is 0 Å². The molecule has 1 fully saturated rings. The summed E-state index contributed by atoms with van der Waals surface area (Å²) < 4.78 is 24.3. The molecule has 0 radical (unpaired) electrons. The molecule has 1 aromatic heterocycles. The third-order valence-corrected chi connectivity index (χ3v) is 6.40. The van der Waals surface area contributed by atoms with Crippen molar-refractivity contribution in [1.82, 2.24) is 9.78 Å². The van der Waals surface area contributed by atoms with E-state index in [1.54, 1.807) is 4.68 Å².